The molecule has 0 amide bonds. The van der Waals surface area contributed by atoms with Gasteiger partial charge in [0.05, 0.1) is 25.5 Å². The number of hydrogen-bond acceptors (Lipinski definition) is 5. The van der Waals surface area contributed by atoms with Crippen molar-refractivity contribution in [3.63, 3.8) is 0 Å². The van der Waals surface area contributed by atoms with Crippen LogP contribution in [0.25, 0.3) is 0 Å². The number of nitrogen functional groups attached to an aromatic ring is 1. The first-order chi connectivity index (χ1) is 9.49. The Kier molecular flexibility index (Phi) is 6.87. The Labute approximate surface area is 121 Å². The summed E-state index contributed by atoms with van der Waals surface area (Å²) in [6.07, 6.45) is 0. The second kappa shape index (κ2) is 8.43. The third-order valence-electron chi connectivity index (χ3n) is 2.34. The highest BCUT2D eigenvalue weighted by Gasteiger charge is 2.05. The van der Waals surface area contributed by atoms with Crippen LogP contribution in [0, 0.1) is 5.92 Å². The molecule has 0 radical (unpaired) electrons. The third-order valence-corrected chi connectivity index (χ3v) is 2.34. The van der Waals surface area contributed by atoms with E-state index in [1.54, 1.807) is 6.07 Å². The Balaban J connectivity index is 2.42. The van der Waals surface area contributed by atoms with Crippen LogP contribution < -0.4 is 15.8 Å². The van der Waals surface area contributed by atoms with Gasteiger partial charge in [0.25, 0.3) is 0 Å². The SMILES string of the molecule is C=C(C)COCCNc1ccc(N)c(OCC(C)C)n1. The van der Waals surface area contributed by atoms with Crippen LogP contribution in [0.15, 0.2) is 24.3 Å². The summed E-state index contributed by atoms with van der Waals surface area (Å²) in [5, 5.41) is 3.17. The molecule has 112 valence electrons. The molecule has 1 aromatic heterocycles. The van der Waals surface area contributed by atoms with E-state index >= 15 is 0 Å². The molecule has 5 heteroatoms. The molecule has 0 aliphatic rings. The molecule has 5 nitrogen and oxygen atoms in total. The summed E-state index contributed by atoms with van der Waals surface area (Å²) in [5.74, 6) is 1.65. The molecule has 0 atom stereocenters. The largest absolute Gasteiger partial charge is 0.476 e. The molecular formula is C15H25N3O2. The van der Waals surface area contributed by atoms with Gasteiger partial charge in [-0.15, -0.1) is 0 Å². The summed E-state index contributed by atoms with van der Waals surface area (Å²) in [7, 11) is 0. The summed E-state index contributed by atoms with van der Waals surface area (Å²) in [6, 6.07) is 3.62. The molecule has 0 unspecified atom stereocenters. The van der Waals surface area contributed by atoms with Crippen molar-refractivity contribution >= 4 is 11.5 Å². The average Bonchev–Trinajstić information content (AvgIpc) is 2.38. The number of nitrogens with two attached hydrogens (primary N) is 1. The molecule has 0 aliphatic heterocycles. The smallest absolute Gasteiger partial charge is 0.239 e. The predicted octanol–water partition coefficient (Wildman–Crippen LogP) is 2.70. The molecule has 1 rings (SSSR count). The number of nitrogens with zero attached hydrogens (tertiary/aromatic N) is 1. The number of hydrogen-bond donors (Lipinski definition) is 2. The monoisotopic (exact) mass is 279 g/mol. The first kappa shape index (κ1) is 16.3. The zero-order valence-corrected chi connectivity index (χ0v) is 12.6. The van der Waals surface area contributed by atoms with E-state index < -0.39 is 0 Å². The van der Waals surface area contributed by atoms with E-state index in [-0.39, 0.29) is 0 Å². The quantitative estimate of drug-likeness (QED) is 0.537. The minimum atomic E-state index is 0.434. The van der Waals surface area contributed by atoms with Crippen LogP contribution in [-0.2, 0) is 4.74 Å². The molecule has 0 saturated heterocycles. The fraction of sp³-hybridized carbons (Fsp3) is 0.533. The Morgan fingerprint density at radius 3 is 2.85 bits per heavy atom. The van der Waals surface area contributed by atoms with Gasteiger partial charge in [-0.1, -0.05) is 26.0 Å². The minimum absolute atomic E-state index is 0.434. The van der Waals surface area contributed by atoms with Gasteiger partial charge >= 0.3 is 0 Å². The first-order valence-electron chi connectivity index (χ1n) is 6.84. The van der Waals surface area contributed by atoms with Crippen molar-refractivity contribution in [1.82, 2.24) is 4.98 Å². The second-order valence-electron chi connectivity index (χ2n) is 5.23. The predicted molar refractivity (Wildman–Crippen MR) is 83.1 cm³/mol. The zero-order valence-electron chi connectivity index (χ0n) is 12.6. The summed E-state index contributed by atoms with van der Waals surface area (Å²) in [5.41, 5.74) is 7.40. The van der Waals surface area contributed by atoms with Crippen LogP contribution in [0.5, 0.6) is 5.88 Å². The average molecular weight is 279 g/mol. The molecule has 0 spiro atoms. The van der Waals surface area contributed by atoms with Crippen LogP contribution in [0.1, 0.15) is 20.8 Å². The molecule has 1 heterocycles. The van der Waals surface area contributed by atoms with Crippen LogP contribution in [-0.4, -0.2) is 31.3 Å². The lowest BCUT2D eigenvalue weighted by atomic mass is 10.2. The van der Waals surface area contributed by atoms with Gasteiger partial charge in [-0.3, -0.25) is 0 Å². The van der Waals surface area contributed by atoms with Crippen molar-refractivity contribution in [3.8, 4) is 5.88 Å². The molecule has 3 N–H and O–H groups in total. The molecule has 0 aliphatic carbocycles. The highest BCUT2D eigenvalue weighted by atomic mass is 16.5. The van der Waals surface area contributed by atoms with E-state index in [1.165, 1.54) is 0 Å². The van der Waals surface area contributed by atoms with E-state index in [0.29, 0.717) is 43.9 Å². The fourth-order valence-corrected chi connectivity index (χ4v) is 1.41. The van der Waals surface area contributed by atoms with Crippen LogP contribution in [0.4, 0.5) is 11.5 Å². The van der Waals surface area contributed by atoms with Gasteiger partial charge in [-0.05, 0) is 25.0 Å². The number of anilines is 2. The van der Waals surface area contributed by atoms with E-state index in [2.05, 4.69) is 30.7 Å². The van der Waals surface area contributed by atoms with Gasteiger partial charge in [-0.25, -0.2) is 0 Å². The van der Waals surface area contributed by atoms with E-state index in [9.17, 15) is 0 Å². The highest BCUT2D eigenvalue weighted by molar-refractivity contribution is 5.53. The number of rotatable bonds is 9. The zero-order chi connectivity index (χ0) is 15.0. The lowest BCUT2D eigenvalue weighted by Gasteiger charge is -2.12. The summed E-state index contributed by atoms with van der Waals surface area (Å²) < 4.78 is 11.0. The van der Waals surface area contributed by atoms with E-state index in [1.807, 2.05) is 13.0 Å². The molecule has 0 fully saturated rings. The van der Waals surface area contributed by atoms with Crippen molar-refractivity contribution in [2.45, 2.75) is 20.8 Å². The van der Waals surface area contributed by atoms with Crippen molar-refractivity contribution in [1.29, 1.82) is 0 Å². The minimum Gasteiger partial charge on any atom is -0.476 e. The maximum absolute atomic E-state index is 5.84. The Morgan fingerprint density at radius 2 is 2.20 bits per heavy atom. The number of nitrogens with one attached hydrogen (secondary N) is 1. The van der Waals surface area contributed by atoms with Gasteiger partial charge in [-0.2, -0.15) is 4.98 Å². The van der Waals surface area contributed by atoms with Gasteiger partial charge in [0, 0.05) is 6.54 Å². The van der Waals surface area contributed by atoms with Crippen molar-refractivity contribution in [3.05, 3.63) is 24.3 Å². The van der Waals surface area contributed by atoms with Crippen molar-refractivity contribution in [2.24, 2.45) is 5.92 Å². The number of aromatic nitrogens is 1. The maximum Gasteiger partial charge on any atom is 0.239 e. The lowest BCUT2D eigenvalue weighted by Crippen LogP contribution is -2.12. The van der Waals surface area contributed by atoms with Gasteiger partial charge in [0.2, 0.25) is 5.88 Å². The summed E-state index contributed by atoms with van der Waals surface area (Å²) in [4.78, 5) is 4.35. The van der Waals surface area contributed by atoms with Crippen molar-refractivity contribution in [2.75, 3.05) is 37.4 Å². The molecule has 0 saturated carbocycles. The standard InChI is InChI=1S/C15H25N3O2/c1-11(2)9-19-8-7-17-14-6-5-13(16)15(18-14)20-10-12(3)4/h5-6,12H,1,7-10,16H2,2-4H3,(H,17,18). The first-order valence-corrected chi connectivity index (χ1v) is 6.84. The molecule has 0 bridgehead atoms. The van der Waals surface area contributed by atoms with Crippen LogP contribution in [0.3, 0.4) is 0 Å². The summed E-state index contributed by atoms with van der Waals surface area (Å²) in [6.45, 7) is 12.3. The Hall–Kier alpha value is -1.75. The topological polar surface area (TPSA) is 69.4 Å². The maximum atomic E-state index is 5.84. The van der Waals surface area contributed by atoms with Crippen molar-refractivity contribution < 1.29 is 9.47 Å². The van der Waals surface area contributed by atoms with Gasteiger partial charge in [0.1, 0.15) is 5.82 Å². The van der Waals surface area contributed by atoms with Gasteiger partial charge < -0.3 is 20.5 Å². The molecular weight excluding hydrogens is 254 g/mol. The van der Waals surface area contributed by atoms with E-state index in [4.69, 9.17) is 15.2 Å². The third kappa shape index (κ3) is 6.43. The highest BCUT2D eigenvalue weighted by Crippen LogP contribution is 2.21. The molecule has 1 aromatic rings. The molecule has 0 aromatic carbocycles. The lowest BCUT2D eigenvalue weighted by molar-refractivity contribution is 0.167. The number of pyridine rings is 1. The van der Waals surface area contributed by atoms with Gasteiger partial charge in [0.15, 0.2) is 0 Å². The van der Waals surface area contributed by atoms with E-state index in [0.717, 1.165) is 11.4 Å². The second-order valence-corrected chi connectivity index (χ2v) is 5.23. The summed E-state index contributed by atoms with van der Waals surface area (Å²) >= 11 is 0. The van der Waals surface area contributed by atoms with Crippen LogP contribution >= 0.6 is 0 Å². The molecule has 20 heavy (non-hydrogen) atoms. The Morgan fingerprint density at radius 1 is 1.45 bits per heavy atom. The Bertz CT molecular complexity index is 433. The fourth-order valence-electron chi connectivity index (χ4n) is 1.41. The normalized spacial score (nSPS) is 10.6. The number of ether oxygens (including phenoxy) is 2. The van der Waals surface area contributed by atoms with Crippen LogP contribution in [0.2, 0.25) is 0 Å².